The third-order valence-corrected chi connectivity index (χ3v) is 7.17. The van der Waals surface area contributed by atoms with Gasteiger partial charge in [0.2, 0.25) is 11.8 Å². The van der Waals surface area contributed by atoms with Crippen molar-refractivity contribution in [1.29, 1.82) is 0 Å². The molecule has 32 heavy (non-hydrogen) atoms. The largest absolute Gasteiger partial charge is 0.274 e. The van der Waals surface area contributed by atoms with Gasteiger partial charge in [-0.25, -0.2) is 4.90 Å². The molecule has 6 rings (SSSR count). The van der Waals surface area contributed by atoms with Crippen LogP contribution in [0.5, 0.6) is 0 Å². The van der Waals surface area contributed by atoms with Crippen LogP contribution in [0, 0.1) is 23.7 Å². The minimum Gasteiger partial charge on any atom is -0.274 e. The van der Waals surface area contributed by atoms with Crippen LogP contribution < -0.4 is 4.90 Å². The highest BCUT2D eigenvalue weighted by Gasteiger charge is 2.62. The summed E-state index contributed by atoms with van der Waals surface area (Å²) in [7, 11) is 0. The van der Waals surface area contributed by atoms with E-state index in [0.29, 0.717) is 10.7 Å². The quantitative estimate of drug-likeness (QED) is 0.385. The highest BCUT2D eigenvalue weighted by atomic mass is 35.5. The first-order valence-electron chi connectivity index (χ1n) is 10.8. The van der Waals surface area contributed by atoms with Crippen molar-refractivity contribution in [2.24, 2.45) is 23.7 Å². The van der Waals surface area contributed by atoms with Crippen LogP contribution in [-0.2, 0) is 9.59 Å². The highest BCUT2D eigenvalue weighted by Crippen LogP contribution is 2.58. The molecule has 4 heteroatoms. The Labute approximate surface area is 191 Å². The van der Waals surface area contributed by atoms with Gasteiger partial charge in [0.15, 0.2) is 0 Å². The van der Waals surface area contributed by atoms with Crippen LogP contribution >= 0.6 is 11.6 Å². The minimum atomic E-state index is -0.356. The van der Waals surface area contributed by atoms with Gasteiger partial charge in [0.25, 0.3) is 0 Å². The summed E-state index contributed by atoms with van der Waals surface area (Å²) in [5.41, 5.74) is 5.15. The topological polar surface area (TPSA) is 37.4 Å². The molecule has 2 aliphatic carbocycles. The molecule has 1 heterocycles. The van der Waals surface area contributed by atoms with E-state index in [1.807, 2.05) is 36.4 Å². The Morgan fingerprint density at radius 1 is 0.656 bits per heavy atom. The first kappa shape index (κ1) is 19.3. The normalized spacial score (nSPS) is 25.5. The van der Waals surface area contributed by atoms with Crippen LogP contribution in [0.1, 0.15) is 11.1 Å². The van der Waals surface area contributed by atoms with E-state index in [1.54, 1.807) is 24.3 Å². The average Bonchev–Trinajstić information content (AvgIpc) is 3.46. The Hall–Kier alpha value is -3.43. The van der Waals surface area contributed by atoms with Crippen LogP contribution in [0.15, 0.2) is 103 Å². The highest BCUT2D eigenvalue weighted by molar-refractivity contribution is 6.31. The minimum absolute atomic E-state index is 0.0748. The lowest BCUT2D eigenvalue weighted by Crippen LogP contribution is -2.33. The predicted octanol–water partition coefficient (Wildman–Crippen LogP) is 5.76. The van der Waals surface area contributed by atoms with Gasteiger partial charge >= 0.3 is 0 Å². The van der Waals surface area contributed by atoms with Gasteiger partial charge in [0.05, 0.1) is 17.5 Å². The van der Waals surface area contributed by atoms with Gasteiger partial charge in [0.1, 0.15) is 0 Å². The number of rotatable bonds is 3. The van der Waals surface area contributed by atoms with E-state index in [0.717, 1.165) is 16.7 Å². The second-order valence-electron chi connectivity index (χ2n) is 8.54. The first-order chi connectivity index (χ1) is 15.6. The van der Waals surface area contributed by atoms with Gasteiger partial charge in [-0.15, -0.1) is 0 Å². The van der Waals surface area contributed by atoms with E-state index < -0.39 is 0 Å². The molecule has 156 valence electrons. The lowest BCUT2D eigenvalue weighted by atomic mass is 9.85. The lowest BCUT2D eigenvalue weighted by Gasteiger charge is -2.21. The van der Waals surface area contributed by atoms with Crippen LogP contribution in [0.4, 0.5) is 5.69 Å². The molecule has 3 nitrogen and oxygen atoms in total. The zero-order valence-electron chi connectivity index (χ0n) is 17.2. The Morgan fingerprint density at radius 2 is 1.12 bits per heavy atom. The molecule has 0 radical (unpaired) electrons. The van der Waals surface area contributed by atoms with Gasteiger partial charge in [-0.1, -0.05) is 84.4 Å². The number of carbonyl (C=O) groups excluding carboxylic acids is 2. The maximum Gasteiger partial charge on any atom is 0.238 e. The lowest BCUT2D eigenvalue weighted by molar-refractivity contribution is -0.122. The molecule has 4 atom stereocenters. The van der Waals surface area contributed by atoms with Crippen molar-refractivity contribution in [3.8, 4) is 0 Å². The molecule has 3 aliphatic rings. The van der Waals surface area contributed by atoms with Gasteiger partial charge < -0.3 is 0 Å². The number of allylic oxidation sites excluding steroid dienone is 3. The number of hydrogen-bond acceptors (Lipinski definition) is 2. The summed E-state index contributed by atoms with van der Waals surface area (Å²) in [4.78, 5) is 28.4. The van der Waals surface area contributed by atoms with Crippen LogP contribution in [-0.4, -0.2) is 11.8 Å². The monoisotopic (exact) mass is 437 g/mol. The molecule has 0 spiro atoms. The predicted molar refractivity (Wildman–Crippen MR) is 126 cm³/mol. The van der Waals surface area contributed by atoms with E-state index in [2.05, 4.69) is 36.4 Å². The van der Waals surface area contributed by atoms with Gasteiger partial charge in [-0.3, -0.25) is 9.59 Å². The summed E-state index contributed by atoms with van der Waals surface area (Å²) >= 11 is 6.01. The third kappa shape index (κ3) is 2.74. The molecule has 1 saturated heterocycles. The number of nitrogens with zero attached hydrogens (tertiary/aromatic N) is 1. The summed E-state index contributed by atoms with van der Waals surface area (Å²) in [6.45, 7) is 0. The van der Waals surface area contributed by atoms with Crippen molar-refractivity contribution in [3.05, 3.63) is 119 Å². The Bertz CT molecular complexity index is 1200. The van der Waals surface area contributed by atoms with E-state index in [1.165, 1.54) is 10.5 Å². The maximum absolute atomic E-state index is 13.5. The standard InChI is InChI=1S/C28H20ClNO2/c29-19-11-13-20(14-12-19)30-27(31)25-21-15-16-22(26(25)28(30)32)24(21)23(17-7-3-1-4-8-17)18-9-5-2-6-10-18/h1-16,21-22,25-26H. The zero-order chi connectivity index (χ0) is 21.8. The van der Waals surface area contributed by atoms with Gasteiger partial charge in [-0.05, 0) is 46.5 Å². The van der Waals surface area contributed by atoms with E-state index in [9.17, 15) is 9.59 Å². The second-order valence-corrected chi connectivity index (χ2v) is 8.98. The SMILES string of the molecule is O=C1C2C3C=CC(C3=C(c3ccccc3)c3ccccc3)C2C(=O)N1c1ccc(Cl)cc1. The van der Waals surface area contributed by atoms with Crippen molar-refractivity contribution in [2.45, 2.75) is 0 Å². The molecule has 4 unspecified atom stereocenters. The van der Waals surface area contributed by atoms with Crippen molar-refractivity contribution >= 4 is 34.7 Å². The second kappa shape index (κ2) is 7.32. The summed E-state index contributed by atoms with van der Waals surface area (Å²) in [5.74, 6) is -1.09. The maximum atomic E-state index is 13.5. The van der Waals surface area contributed by atoms with E-state index in [-0.39, 0.29) is 35.5 Å². The third-order valence-electron chi connectivity index (χ3n) is 6.91. The molecule has 0 N–H and O–H groups in total. The number of anilines is 1. The molecule has 2 fully saturated rings. The zero-order valence-corrected chi connectivity index (χ0v) is 17.9. The smallest absolute Gasteiger partial charge is 0.238 e. The van der Waals surface area contributed by atoms with Crippen LogP contribution in [0.2, 0.25) is 5.02 Å². The first-order valence-corrected chi connectivity index (χ1v) is 11.2. The van der Waals surface area contributed by atoms with Gasteiger partial charge in [0, 0.05) is 16.9 Å². The molecular formula is C28H20ClNO2. The molecule has 2 amide bonds. The fourth-order valence-corrected chi connectivity index (χ4v) is 5.78. The number of fused-ring (bicyclic) bond motifs is 5. The molecule has 1 saturated carbocycles. The van der Waals surface area contributed by atoms with Gasteiger partial charge in [-0.2, -0.15) is 0 Å². The number of halogens is 1. The molecule has 3 aromatic carbocycles. The summed E-state index contributed by atoms with van der Waals surface area (Å²) < 4.78 is 0. The van der Waals surface area contributed by atoms with Crippen molar-refractivity contribution in [1.82, 2.24) is 0 Å². The molecule has 3 aromatic rings. The number of imide groups is 1. The molecule has 0 aromatic heterocycles. The Balaban J connectivity index is 1.48. The molecule has 2 bridgehead atoms. The number of benzene rings is 3. The fraction of sp³-hybridized carbons (Fsp3) is 0.143. The van der Waals surface area contributed by atoms with Crippen molar-refractivity contribution < 1.29 is 9.59 Å². The molecule has 1 aliphatic heterocycles. The van der Waals surface area contributed by atoms with E-state index >= 15 is 0 Å². The summed E-state index contributed by atoms with van der Waals surface area (Å²) in [5, 5.41) is 0.579. The van der Waals surface area contributed by atoms with E-state index in [4.69, 9.17) is 11.6 Å². The summed E-state index contributed by atoms with van der Waals surface area (Å²) in [6.07, 6.45) is 4.26. The number of carbonyl (C=O) groups is 2. The van der Waals surface area contributed by atoms with Crippen LogP contribution in [0.3, 0.4) is 0 Å². The van der Waals surface area contributed by atoms with Crippen molar-refractivity contribution in [3.63, 3.8) is 0 Å². The fourth-order valence-electron chi connectivity index (χ4n) is 5.65. The summed E-state index contributed by atoms with van der Waals surface area (Å²) in [6, 6.07) is 27.5. The number of amides is 2. The number of hydrogen-bond donors (Lipinski definition) is 0. The Kier molecular flexibility index (Phi) is 4.41. The van der Waals surface area contributed by atoms with Crippen LogP contribution in [0.25, 0.3) is 5.57 Å². The average molecular weight is 438 g/mol. The van der Waals surface area contributed by atoms with Crippen molar-refractivity contribution in [2.75, 3.05) is 4.90 Å². The Morgan fingerprint density at radius 3 is 1.59 bits per heavy atom. The molecular weight excluding hydrogens is 418 g/mol.